The summed E-state index contributed by atoms with van der Waals surface area (Å²) in [5, 5.41) is 3.81. The monoisotopic (exact) mass is 417 g/mol. The lowest BCUT2D eigenvalue weighted by Gasteiger charge is -2.25. The molecule has 2 aliphatic rings. The Balaban J connectivity index is 1.39. The Hall–Kier alpha value is -2.99. The molecule has 1 spiro atoms. The normalized spacial score (nSPS) is 20.0. The van der Waals surface area contributed by atoms with Crippen molar-refractivity contribution in [3.8, 4) is 0 Å². The number of thiophene rings is 1. The molecule has 0 bridgehead atoms. The van der Waals surface area contributed by atoms with Crippen molar-refractivity contribution in [2.24, 2.45) is 0 Å². The summed E-state index contributed by atoms with van der Waals surface area (Å²) in [5.74, 6) is 0.147. The van der Waals surface area contributed by atoms with Gasteiger partial charge < -0.3 is 9.80 Å². The molecule has 5 rings (SSSR count). The van der Waals surface area contributed by atoms with Gasteiger partial charge in [-0.1, -0.05) is 24.3 Å². The SMILES string of the molecule is Cc1ccccc1CC(=O)N1CC[C@@]2(C1)CN(C(=O)c1ccsc1)c1cccnc12. The number of carbonyl (C=O) groups is 2. The van der Waals surface area contributed by atoms with E-state index in [-0.39, 0.29) is 17.2 Å². The van der Waals surface area contributed by atoms with E-state index >= 15 is 0 Å². The van der Waals surface area contributed by atoms with Gasteiger partial charge in [-0.15, -0.1) is 0 Å². The molecule has 3 aromatic rings. The molecule has 0 saturated carbocycles. The van der Waals surface area contributed by atoms with Gasteiger partial charge in [-0.25, -0.2) is 0 Å². The molecule has 0 radical (unpaired) electrons. The third-order valence-electron chi connectivity index (χ3n) is 6.36. The van der Waals surface area contributed by atoms with E-state index in [1.165, 1.54) is 11.3 Å². The molecule has 1 fully saturated rings. The predicted octanol–water partition coefficient (Wildman–Crippen LogP) is 3.82. The summed E-state index contributed by atoms with van der Waals surface area (Å²) in [6.45, 7) is 3.91. The first-order valence-corrected chi connectivity index (χ1v) is 11.1. The zero-order valence-corrected chi connectivity index (χ0v) is 17.7. The number of hydrogen-bond donors (Lipinski definition) is 0. The van der Waals surface area contributed by atoms with Crippen LogP contribution >= 0.6 is 11.3 Å². The van der Waals surface area contributed by atoms with Gasteiger partial charge in [0, 0.05) is 31.2 Å². The van der Waals surface area contributed by atoms with Gasteiger partial charge in [0.2, 0.25) is 5.91 Å². The number of anilines is 1. The predicted molar refractivity (Wildman–Crippen MR) is 118 cm³/mol. The minimum atomic E-state index is -0.288. The van der Waals surface area contributed by atoms with Crippen molar-refractivity contribution in [1.82, 2.24) is 9.88 Å². The minimum absolute atomic E-state index is 0.00654. The van der Waals surface area contributed by atoms with Gasteiger partial charge in [0.25, 0.3) is 5.91 Å². The first kappa shape index (κ1) is 19.0. The van der Waals surface area contributed by atoms with Crippen LogP contribution < -0.4 is 4.90 Å². The summed E-state index contributed by atoms with van der Waals surface area (Å²) in [7, 11) is 0. The van der Waals surface area contributed by atoms with Crippen LogP contribution in [-0.2, 0) is 16.6 Å². The van der Waals surface area contributed by atoms with E-state index in [0.29, 0.717) is 31.6 Å². The lowest BCUT2D eigenvalue weighted by atomic mass is 9.85. The smallest absolute Gasteiger partial charge is 0.259 e. The van der Waals surface area contributed by atoms with Crippen LogP contribution in [0.3, 0.4) is 0 Å². The Bertz CT molecular complexity index is 1110. The third kappa shape index (κ3) is 3.12. The molecule has 0 N–H and O–H groups in total. The van der Waals surface area contributed by atoms with Crippen molar-refractivity contribution in [2.75, 3.05) is 24.5 Å². The highest BCUT2D eigenvalue weighted by Crippen LogP contribution is 2.45. The van der Waals surface area contributed by atoms with Crippen molar-refractivity contribution in [3.05, 3.63) is 81.8 Å². The molecule has 6 heteroatoms. The number of amides is 2. The fraction of sp³-hybridized carbons (Fsp3) is 0.292. The number of fused-ring (bicyclic) bond motifs is 2. The van der Waals surface area contributed by atoms with Crippen LogP contribution in [0.4, 0.5) is 5.69 Å². The Morgan fingerprint density at radius 1 is 1.13 bits per heavy atom. The van der Waals surface area contributed by atoms with Gasteiger partial charge in [-0.05, 0) is 48.1 Å². The Morgan fingerprint density at radius 3 is 2.80 bits per heavy atom. The molecule has 2 aromatic heterocycles. The molecule has 0 unspecified atom stereocenters. The van der Waals surface area contributed by atoms with Crippen LogP contribution in [0.2, 0.25) is 0 Å². The van der Waals surface area contributed by atoms with Crippen LogP contribution in [0.25, 0.3) is 0 Å². The summed E-state index contributed by atoms with van der Waals surface area (Å²) in [5.41, 5.74) is 4.45. The fourth-order valence-electron chi connectivity index (χ4n) is 4.70. The van der Waals surface area contributed by atoms with Crippen LogP contribution in [0.5, 0.6) is 0 Å². The average molecular weight is 418 g/mol. The highest BCUT2D eigenvalue weighted by atomic mass is 32.1. The number of aryl methyl sites for hydroxylation is 1. The number of carbonyl (C=O) groups excluding carboxylic acids is 2. The molecule has 2 amide bonds. The molecule has 1 aromatic carbocycles. The van der Waals surface area contributed by atoms with Crippen LogP contribution in [0.15, 0.2) is 59.4 Å². The molecular weight excluding hydrogens is 394 g/mol. The van der Waals surface area contributed by atoms with Gasteiger partial charge in [0.15, 0.2) is 0 Å². The maximum Gasteiger partial charge on any atom is 0.259 e. The molecule has 4 heterocycles. The van der Waals surface area contributed by atoms with E-state index in [9.17, 15) is 9.59 Å². The van der Waals surface area contributed by atoms with Crippen molar-refractivity contribution >= 4 is 28.8 Å². The number of likely N-dealkylation sites (tertiary alicyclic amines) is 1. The molecule has 5 nitrogen and oxygen atoms in total. The van der Waals surface area contributed by atoms with E-state index < -0.39 is 0 Å². The summed E-state index contributed by atoms with van der Waals surface area (Å²) >= 11 is 1.52. The topological polar surface area (TPSA) is 53.5 Å². The standard InChI is InChI=1S/C24H23N3O2S/c1-17-5-2-3-6-18(17)13-21(28)26-11-9-24(15-26)16-27(20-7-4-10-25-22(20)24)23(29)19-8-12-30-14-19/h2-8,10,12,14H,9,11,13,15-16H2,1H3/t24-/m1/s1. The number of hydrogen-bond acceptors (Lipinski definition) is 4. The van der Waals surface area contributed by atoms with Crippen LogP contribution in [0.1, 0.15) is 33.6 Å². The molecule has 2 aliphatic heterocycles. The fourth-order valence-corrected chi connectivity index (χ4v) is 5.33. The minimum Gasteiger partial charge on any atom is -0.341 e. The maximum atomic E-state index is 13.1. The quantitative estimate of drug-likeness (QED) is 0.651. The van der Waals surface area contributed by atoms with Crippen molar-refractivity contribution in [1.29, 1.82) is 0 Å². The summed E-state index contributed by atoms with van der Waals surface area (Å²) < 4.78 is 0. The molecule has 152 valence electrons. The van der Waals surface area contributed by atoms with Gasteiger partial charge in [0.1, 0.15) is 0 Å². The lowest BCUT2D eigenvalue weighted by molar-refractivity contribution is -0.129. The highest BCUT2D eigenvalue weighted by molar-refractivity contribution is 7.08. The molecule has 1 saturated heterocycles. The third-order valence-corrected chi connectivity index (χ3v) is 7.05. The number of pyridine rings is 1. The summed E-state index contributed by atoms with van der Waals surface area (Å²) in [4.78, 5) is 34.6. The maximum absolute atomic E-state index is 13.1. The Kier molecular flexibility index (Phi) is 4.66. The number of rotatable bonds is 3. The van der Waals surface area contributed by atoms with Gasteiger partial charge in [-0.3, -0.25) is 14.6 Å². The summed E-state index contributed by atoms with van der Waals surface area (Å²) in [6, 6.07) is 13.7. The molecule has 0 aliphatic carbocycles. The lowest BCUT2D eigenvalue weighted by Crippen LogP contribution is -2.40. The molecule has 30 heavy (non-hydrogen) atoms. The van der Waals surface area contributed by atoms with E-state index in [0.717, 1.165) is 28.9 Å². The number of nitrogens with zero attached hydrogens (tertiary/aromatic N) is 3. The van der Waals surface area contributed by atoms with E-state index in [1.54, 1.807) is 6.20 Å². The van der Waals surface area contributed by atoms with Gasteiger partial charge in [-0.2, -0.15) is 11.3 Å². The second-order valence-corrected chi connectivity index (χ2v) is 9.00. The highest BCUT2D eigenvalue weighted by Gasteiger charge is 2.50. The number of aromatic nitrogens is 1. The van der Waals surface area contributed by atoms with Crippen molar-refractivity contribution in [3.63, 3.8) is 0 Å². The van der Waals surface area contributed by atoms with E-state index in [1.807, 2.05) is 69.9 Å². The second-order valence-electron chi connectivity index (χ2n) is 8.22. The first-order valence-electron chi connectivity index (χ1n) is 10.2. The average Bonchev–Trinajstić information content (AvgIpc) is 3.50. The Morgan fingerprint density at radius 2 is 2.00 bits per heavy atom. The largest absolute Gasteiger partial charge is 0.341 e. The molecule has 1 atom stereocenters. The van der Waals surface area contributed by atoms with Crippen molar-refractivity contribution in [2.45, 2.75) is 25.2 Å². The second kappa shape index (κ2) is 7.36. The number of benzene rings is 1. The first-order chi connectivity index (χ1) is 14.6. The molecular formula is C24H23N3O2S. The zero-order valence-electron chi connectivity index (χ0n) is 16.9. The summed E-state index contributed by atoms with van der Waals surface area (Å²) in [6.07, 6.45) is 3.02. The zero-order chi connectivity index (χ0) is 20.7. The van der Waals surface area contributed by atoms with Gasteiger partial charge >= 0.3 is 0 Å². The van der Waals surface area contributed by atoms with Crippen LogP contribution in [-0.4, -0.2) is 41.3 Å². The van der Waals surface area contributed by atoms with Gasteiger partial charge in [0.05, 0.1) is 28.8 Å². The van der Waals surface area contributed by atoms with Crippen molar-refractivity contribution < 1.29 is 9.59 Å². The van der Waals surface area contributed by atoms with E-state index in [2.05, 4.69) is 4.98 Å². The van der Waals surface area contributed by atoms with E-state index in [4.69, 9.17) is 0 Å². The Labute approximate surface area is 180 Å². The van der Waals surface area contributed by atoms with Crippen LogP contribution in [0, 0.1) is 6.92 Å².